The van der Waals surface area contributed by atoms with Crippen LogP contribution in [0, 0.1) is 5.92 Å². The smallest absolute Gasteiger partial charge is 0.121 e. The first kappa shape index (κ1) is 12.8. The molecule has 3 rings (SSSR count). The van der Waals surface area contributed by atoms with Gasteiger partial charge in [0, 0.05) is 30.9 Å². The number of piperidine rings is 1. The molecule has 2 fully saturated rings. The first-order valence-corrected chi connectivity index (χ1v) is 7.11. The fraction of sp³-hybridized carbons (Fsp3) is 0.600. The van der Waals surface area contributed by atoms with E-state index in [1.54, 1.807) is 6.07 Å². The summed E-state index contributed by atoms with van der Waals surface area (Å²) < 4.78 is 5.58. The summed E-state index contributed by atoms with van der Waals surface area (Å²) in [4.78, 5) is 2.42. The van der Waals surface area contributed by atoms with Gasteiger partial charge in [-0.3, -0.25) is 4.90 Å². The third kappa shape index (κ3) is 3.01. The van der Waals surface area contributed by atoms with Gasteiger partial charge < -0.3 is 15.6 Å². The summed E-state index contributed by atoms with van der Waals surface area (Å²) in [5, 5.41) is 10.1. The van der Waals surface area contributed by atoms with Gasteiger partial charge in [-0.2, -0.15) is 0 Å². The third-order valence-corrected chi connectivity index (χ3v) is 4.27. The number of anilines is 1. The maximum absolute atomic E-state index is 10.1. The van der Waals surface area contributed by atoms with Crippen molar-refractivity contribution in [1.29, 1.82) is 0 Å². The summed E-state index contributed by atoms with van der Waals surface area (Å²) in [5.74, 6) is 1.59. The van der Waals surface area contributed by atoms with E-state index in [2.05, 4.69) is 4.90 Å². The van der Waals surface area contributed by atoms with Crippen molar-refractivity contribution in [3.8, 4) is 5.75 Å². The highest BCUT2D eigenvalue weighted by Crippen LogP contribution is 2.37. The van der Waals surface area contributed by atoms with Gasteiger partial charge in [-0.25, -0.2) is 0 Å². The number of nitrogens with two attached hydrogens (primary N) is 1. The number of aliphatic hydroxyl groups is 1. The second kappa shape index (κ2) is 5.39. The molecule has 0 radical (unpaired) electrons. The largest absolute Gasteiger partial charge is 0.491 e. The van der Waals surface area contributed by atoms with Crippen LogP contribution in [0.15, 0.2) is 24.3 Å². The molecule has 1 saturated heterocycles. The van der Waals surface area contributed by atoms with Gasteiger partial charge in [0.1, 0.15) is 18.5 Å². The van der Waals surface area contributed by atoms with Crippen molar-refractivity contribution >= 4 is 5.69 Å². The lowest BCUT2D eigenvalue weighted by Crippen LogP contribution is -2.40. The van der Waals surface area contributed by atoms with Crippen LogP contribution in [-0.2, 0) is 0 Å². The highest BCUT2D eigenvalue weighted by atomic mass is 16.5. The molecule has 1 aliphatic heterocycles. The van der Waals surface area contributed by atoms with Gasteiger partial charge in [-0.1, -0.05) is 6.07 Å². The zero-order chi connectivity index (χ0) is 13.2. The van der Waals surface area contributed by atoms with Crippen LogP contribution in [0.2, 0.25) is 0 Å². The Labute approximate surface area is 114 Å². The number of β-amino-alcohol motifs (C(OH)–C–C–N with tert-alkyl or cyclic N) is 1. The number of aliphatic hydroxyl groups excluding tert-OH is 1. The van der Waals surface area contributed by atoms with Gasteiger partial charge in [-0.05, 0) is 37.3 Å². The van der Waals surface area contributed by atoms with Crippen molar-refractivity contribution in [3.63, 3.8) is 0 Å². The molecule has 0 amide bonds. The van der Waals surface area contributed by atoms with Gasteiger partial charge in [0.2, 0.25) is 0 Å². The molecule has 3 atom stereocenters. The number of nitrogen functional groups attached to an aromatic ring is 1. The monoisotopic (exact) mass is 262 g/mol. The van der Waals surface area contributed by atoms with Crippen molar-refractivity contribution in [2.24, 2.45) is 5.92 Å². The van der Waals surface area contributed by atoms with Crippen LogP contribution in [-0.4, -0.2) is 41.8 Å². The Bertz CT molecular complexity index is 438. The summed E-state index contributed by atoms with van der Waals surface area (Å²) in [7, 11) is 0. The molecule has 0 spiro atoms. The summed E-state index contributed by atoms with van der Waals surface area (Å²) in [6, 6.07) is 8.03. The SMILES string of the molecule is Nc1cccc(OCC(O)CN2CC3CCC2C3)c1. The highest BCUT2D eigenvalue weighted by Gasteiger charge is 2.38. The topological polar surface area (TPSA) is 58.7 Å². The lowest BCUT2D eigenvalue weighted by molar-refractivity contribution is 0.0573. The Balaban J connectivity index is 1.45. The van der Waals surface area contributed by atoms with Crippen molar-refractivity contribution in [2.75, 3.05) is 25.4 Å². The Kier molecular flexibility index (Phi) is 3.62. The van der Waals surface area contributed by atoms with E-state index in [0.717, 1.165) is 24.8 Å². The number of benzene rings is 1. The summed E-state index contributed by atoms with van der Waals surface area (Å²) in [6.07, 6.45) is 3.56. The molecule has 1 heterocycles. The van der Waals surface area contributed by atoms with Crippen molar-refractivity contribution in [2.45, 2.75) is 31.4 Å². The van der Waals surface area contributed by atoms with Crippen LogP contribution in [0.5, 0.6) is 5.75 Å². The Hall–Kier alpha value is -1.26. The molecule has 2 bridgehead atoms. The predicted molar refractivity (Wildman–Crippen MR) is 75.1 cm³/mol. The molecule has 104 valence electrons. The summed E-state index contributed by atoms with van der Waals surface area (Å²) >= 11 is 0. The molecule has 3 unspecified atom stereocenters. The number of likely N-dealkylation sites (tertiary alicyclic amines) is 1. The first-order chi connectivity index (χ1) is 9.20. The van der Waals surface area contributed by atoms with Crippen LogP contribution < -0.4 is 10.5 Å². The van der Waals surface area contributed by atoms with E-state index in [4.69, 9.17) is 10.5 Å². The van der Waals surface area contributed by atoms with Crippen LogP contribution in [0.4, 0.5) is 5.69 Å². The number of fused-ring (bicyclic) bond motifs is 2. The normalized spacial score (nSPS) is 27.6. The Morgan fingerprint density at radius 1 is 1.42 bits per heavy atom. The van der Waals surface area contributed by atoms with E-state index >= 15 is 0 Å². The lowest BCUT2D eigenvalue weighted by Gasteiger charge is -2.28. The molecule has 19 heavy (non-hydrogen) atoms. The number of hydrogen-bond donors (Lipinski definition) is 2. The average Bonchev–Trinajstić information content (AvgIpc) is 2.99. The van der Waals surface area contributed by atoms with Crippen molar-refractivity contribution < 1.29 is 9.84 Å². The molecule has 0 aromatic heterocycles. The third-order valence-electron chi connectivity index (χ3n) is 4.27. The molecule has 1 aromatic carbocycles. The molecule has 1 aromatic rings. The zero-order valence-corrected chi connectivity index (χ0v) is 11.2. The zero-order valence-electron chi connectivity index (χ0n) is 11.2. The molecular formula is C15H22N2O2. The average molecular weight is 262 g/mol. The minimum absolute atomic E-state index is 0.331. The van der Waals surface area contributed by atoms with Crippen LogP contribution in [0.3, 0.4) is 0 Å². The maximum atomic E-state index is 10.1. The van der Waals surface area contributed by atoms with Gasteiger partial charge in [0.25, 0.3) is 0 Å². The van der Waals surface area contributed by atoms with Crippen molar-refractivity contribution in [3.05, 3.63) is 24.3 Å². The summed E-state index contributed by atoms with van der Waals surface area (Å²) in [6.45, 7) is 2.21. The van der Waals surface area contributed by atoms with Gasteiger partial charge in [-0.15, -0.1) is 0 Å². The Morgan fingerprint density at radius 3 is 3.00 bits per heavy atom. The molecule has 2 aliphatic rings. The van der Waals surface area contributed by atoms with E-state index in [1.807, 2.05) is 18.2 Å². The molecule has 1 aliphatic carbocycles. The molecule has 1 saturated carbocycles. The van der Waals surface area contributed by atoms with Gasteiger partial charge in [0.15, 0.2) is 0 Å². The second-order valence-corrected chi connectivity index (χ2v) is 5.82. The fourth-order valence-electron chi connectivity index (χ4n) is 3.37. The standard InChI is InChI=1S/C15H22N2O2/c16-12-2-1-3-15(7-12)19-10-14(18)9-17-8-11-4-5-13(17)6-11/h1-3,7,11,13-14,18H,4-6,8-10,16H2. The molecule has 4 nitrogen and oxygen atoms in total. The first-order valence-electron chi connectivity index (χ1n) is 7.11. The molecule has 4 heteroatoms. The van der Waals surface area contributed by atoms with Crippen LogP contribution in [0.1, 0.15) is 19.3 Å². The quantitative estimate of drug-likeness (QED) is 0.789. The predicted octanol–water partition coefficient (Wildman–Crippen LogP) is 1.49. The minimum Gasteiger partial charge on any atom is -0.491 e. The molecular weight excluding hydrogens is 240 g/mol. The van der Waals surface area contributed by atoms with E-state index in [1.165, 1.54) is 19.3 Å². The highest BCUT2D eigenvalue weighted by molar-refractivity contribution is 5.43. The number of rotatable bonds is 5. The van der Waals surface area contributed by atoms with E-state index in [0.29, 0.717) is 18.3 Å². The fourth-order valence-corrected chi connectivity index (χ4v) is 3.37. The molecule has 3 N–H and O–H groups in total. The number of ether oxygens (including phenoxy) is 1. The summed E-state index contributed by atoms with van der Waals surface area (Å²) in [5.41, 5.74) is 6.37. The van der Waals surface area contributed by atoms with E-state index in [-0.39, 0.29) is 0 Å². The van der Waals surface area contributed by atoms with E-state index in [9.17, 15) is 5.11 Å². The van der Waals surface area contributed by atoms with Gasteiger partial charge >= 0.3 is 0 Å². The number of hydrogen-bond acceptors (Lipinski definition) is 4. The maximum Gasteiger partial charge on any atom is 0.121 e. The number of nitrogens with zero attached hydrogens (tertiary/aromatic N) is 1. The van der Waals surface area contributed by atoms with E-state index < -0.39 is 6.10 Å². The van der Waals surface area contributed by atoms with Crippen LogP contribution >= 0.6 is 0 Å². The minimum atomic E-state index is -0.430. The van der Waals surface area contributed by atoms with Crippen molar-refractivity contribution in [1.82, 2.24) is 4.90 Å². The lowest BCUT2D eigenvalue weighted by atomic mass is 10.1. The van der Waals surface area contributed by atoms with Gasteiger partial charge in [0.05, 0.1) is 0 Å². The van der Waals surface area contributed by atoms with Crippen LogP contribution in [0.25, 0.3) is 0 Å². The Morgan fingerprint density at radius 2 is 2.32 bits per heavy atom. The second-order valence-electron chi connectivity index (χ2n) is 5.82.